The molecule has 0 aliphatic heterocycles. The van der Waals surface area contributed by atoms with Crippen molar-refractivity contribution in [1.29, 1.82) is 0 Å². The zero-order valence-corrected chi connectivity index (χ0v) is 14.1. The van der Waals surface area contributed by atoms with Gasteiger partial charge in [0, 0.05) is 29.7 Å². The van der Waals surface area contributed by atoms with Crippen molar-refractivity contribution in [2.45, 2.75) is 51.7 Å². The minimum absolute atomic E-state index is 0.00282. The normalized spacial score (nSPS) is 21.1. The van der Waals surface area contributed by atoms with Crippen molar-refractivity contribution < 1.29 is 9.90 Å². The number of rotatable bonds is 6. The number of hydrogen-bond acceptors (Lipinski definition) is 4. The van der Waals surface area contributed by atoms with Crippen LogP contribution in [0.15, 0.2) is 24.5 Å². The van der Waals surface area contributed by atoms with E-state index in [2.05, 4.69) is 20.5 Å². The summed E-state index contributed by atoms with van der Waals surface area (Å²) in [4.78, 5) is 16.6. The molecule has 3 rings (SSSR count). The Labute approximate surface area is 141 Å². The monoisotopic (exact) mass is 328 g/mol. The second-order valence-electron chi connectivity index (χ2n) is 6.71. The van der Waals surface area contributed by atoms with Gasteiger partial charge in [0.25, 0.3) is 0 Å². The highest BCUT2D eigenvalue weighted by molar-refractivity contribution is 5.79. The van der Waals surface area contributed by atoms with Gasteiger partial charge in [-0.05, 0) is 56.7 Å². The van der Waals surface area contributed by atoms with Crippen LogP contribution in [0, 0.1) is 19.8 Å². The summed E-state index contributed by atoms with van der Waals surface area (Å²) in [6, 6.07) is 3.98. The second kappa shape index (κ2) is 7.13. The Morgan fingerprint density at radius 2 is 2.08 bits per heavy atom. The van der Waals surface area contributed by atoms with Gasteiger partial charge in [-0.3, -0.25) is 14.9 Å². The quantitative estimate of drug-likeness (QED) is 0.749. The standard InChI is InChI=1S/C18H24N4O2/c1-11-16(12(2)22-21-11)10-18(24)20-17(14-8-15(23)9-14)7-13-3-5-19-6-4-13/h3-6,14-15,17,23H,7-10H2,1-2H3,(H,20,24)(H,21,22). The van der Waals surface area contributed by atoms with E-state index in [0.717, 1.165) is 41.8 Å². The molecule has 1 aliphatic rings. The molecule has 1 fully saturated rings. The van der Waals surface area contributed by atoms with E-state index in [4.69, 9.17) is 0 Å². The molecule has 0 spiro atoms. The maximum Gasteiger partial charge on any atom is 0.224 e. The van der Waals surface area contributed by atoms with E-state index in [9.17, 15) is 9.90 Å². The molecule has 24 heavy (non-hydrogen) atoms. The number of carbonyl (C=O) groups is 1. The summed E-state index contributed by atoms with van der Waals surface area (Å²) in [6.07, 6.45) is 5.89. The average Bonchev–Trinajstić information content (AvgIpc) is 2.84. The Morgan fingerprint density at radius 1 is 1.38 bits per heavy atom. The first kappa shape index (κ1) is 16.6. The topological polar surface area (TPSA) is 90.9 Å². The van der Waals surface area contributed by atoms with Crippen LogP contribution < -0.4 is 5.32 Å². The summed E-state index contributed by atoms with van der Waals surface area (Å²) in [5.41, 5.74) is 3.91. The van der Waals surface area contributed by atoms with Crippen LogP contribution in [-0.2, 0) is 17.6 Å². The van der Waals surface area contributed by atoms with Crippen molar-refractivity contribution in [3.05, 3.63) is 47.0 Å². The van der Waals surface area contributed by atoms with Crippen LogP contribution in [0.2, 0.25) is 0 Å². The number of aliphatic hydroxyl groups is 1. The molecule has 0 saturated heterocycles. The molecule has 0 aromatic carbocycles. The first-order valence-electron chi connectivity index (χ1n) is 8.39. The van der Waals surface area contributed by atoms with Crippen LogP contribution in [0.25, 0.3) is 0 Å². The fraction of sp³-hybridized carbons (Fsp3) is 0.500. The summed E-state index contributed by atoms with van der Waals surface area (Å²) in [6.45, 7) is 3.84. The molecule has 1 saturated carbocycles. The van der Waals surface area contributed by atoms with E-state index in [1.54, 1.807) is 12.4 Å². The molecule has 6 heteroatoms. The van der Waals surface area contributed by atoms with Crippen molar-refractivity contribution in [1.82, 2.24) is 20.5 Å². The second-order valence-corrected chi connectivity index (χ2v) is 6.71. The van der Waals surface area contributed by atoms with Crippen LogP contribution in [0.1, 0.15) is 35.4 Å². The molecule has 1 aliphatic carbocycles. The number of aromatic nitrogens is 3. The van der Waals surface area contributed by atoms with Gasteiger partial charge >= 0.3 is 0 Å². The molecule has 1 amide bonds. The molecule has 1 atom stereocenters. The molecule has 3 N–H and O–H groups in total. The first-order chi connectivity index (χ1) is 11.5. The molecule has 128 valence electrons. The summed E-state index contributed by atoms with van der Waals surface area (Å²) in [5, 5.41) is 19.8. The Hall–Kier alpha value is -2.21. The molecule has 0 radical (unpaired) electrons. The number of nitrogens with zero attached hydrogens (tertiary/aromatic N) is 2. The molecule has 6 nitrogen and oxygen atoms in total. The predicted molar refractivity (Wildman–Crippen MR) is 90.4 cm³/mol. The fourth-order valence-electron chi connectivity index (χ4n) is 3.32. The summed E-state index contributed by atoms with van der Waals surface area (Å²) in [7, 11) is 0. The number of carbonyl (C=O) groups excluding carboxylic acids is 1. The van der Waals surface area contributed by atoms with Crippen molar-refractivity contribution in [3.63, 3.8) is 0 Å². The predicted octanol–water partition coefficient (Wildman–Crippen LogP) is 1.46. The van der Waals surface area contributed by atoms with E-state index in [1.165, 1.54) is 0 Å². The number of nitrogens with one attached hydrogen (secondary N) is 2. The smallest absolute Gasteiger partial charge is 0.224 e. The van der Waals surface area contributed by atoms with E-state index in [1.807, 2.05) is 26.0 Å². The Kier molecular flexibility index (Phi) is 4.94. The van der Waals surface area contributed by atoms with Gasteiger partial charge in [-0.2, -0.15) is 5.10 Å². The molecule has 1 unspecified atom stereocenters. The van der Waals surface area contributed by atoms with E-state index in [0.29, 0.717) is 12.3 Å². The lowest BCUT2D eigenvalue weighted by Gasteiger charge is -2.38. The minimum Gasteiger partial charge on any atom is -0.393 e. The number of pyridine rings is 1. The minimum atomic E-state index is -0.231. The highest BCUT2D eigenvalue weighted by Gasteiger charge is 2.34. The molecule has 2 aromatic heterocycles. The average molecular weight is 328 g/mol. The van der Waals surface area contributed by atoms with Gasteiger partial charge in [-0.15, -0.1) is 0 Å². The Morgan fingerprint density at radius 3 is 2.67 bits per heavy atom. The van der Waals surface area contributed by atoms with Crippen LogP contribution in [-0.4, -0.2) is 38.3 Å². The van der Waals surface area contributed by atoms with E-state index < -0.39 is 0 Å². The fourth-order valence-corrected chi connectivity index (χ4v) is 3.32. The van der Waals surface area contributed by atoms with Gasteiger partial charge in [-0.1, -0.05) is 0 Å². The van der Waals surface area contributed by atoms with Gasteiger partial charge in [0.05, 0.1) is 18.2 Å². The van der Waals surface area contributed by atoms with E-state index in [-0.39, 0.29) is 18.1 Å². The number of aryl methyl sites for hydroxylation is 2. The van der Waals surface area contributed by atoms with Gasteiger partial charge < -0.3 is 10.4 Å². The Balaban J connectivity index is 1.66. The molecule has 0 bridgehead atoms. The highest BCUT2D eigenvalue weighted by Crippen LogP contribution is 2.31. The molecule has 2 heterocycles. The largest absolute Gasteiger partial charge is 0.393 e. The molecule has 2 aromatic rings. The van der Waals surface area contributed by atoms with Gasteiger partial charge in [0.1, 0.15) is 0 Å². The van der Waals surface area contributed by atoms with Crippen molar-refractivity contribution in [3.8, 4) is 0 Å². The third-order valence-electron chi connectivity index (χ3n) is 4.89. The van der Waals surface area contributed by atoms with Gasteiger partial charge in [0.15, 0.2) is 0 Å². The van der Waals surface area contributed by atoms with Crippen molar-refractivity contribution >= 4 is 5.91 Å². The Bertz CT molecular complexity index is 673. The zero-order chi connectivity index (χ0) is 17.1. The summed E-state index contributed by atoms with van der Waals surface area (Å²) < 4.78 is 0. The first-order valence-corrected chi connectivity index (χ1v) is 8.39. The van der Waals surface area contributed by atoms with Crippen molar-refractivity contribution in [2.24, 2.45) is 5.92 Å². The third kappa shape index (κ3) is 3.82. The summed E-state index contributed by atoms with van der Waals surface area (Å²) >= 11 is 0. The van der Waals surface area contributed by atoms with Crippen LogP contribution in [0.3, 0.4) is 0 Å². The third-order valence-corrected chi connectivity index (χ3v) is 4.89. The SMILES string of the molecule is Cc1n[nH]c(C)c1CC(=O)NC(Cc1ccncc1)C1CC(O)C1. The highest BCUT2D eigenvalue weighted by atomic mass is 16.3. The molecular weight excluding hydrogens is 304 g/mol. The number of H-pyrrole nitrogens is 1. The van der Waals surface area contributed by atoms with Gasteiger partial charge in [0.2, 0.25) is 5.91 Å². The maximum absolute atomic E-state index is 12.5. The lowest BCUT2D eigenvalue weighted by atomic mass is 9.75. The van der Waals surface area contributed by atoms with Crippen molar-refractivity contribution in [2.75, 3.05) is 0 Å². The van der Waals surface area contributed by atoms with E-state index >= 15 is 0 Å². The lowest BCUT2D eigenvalue weighted by molar-refractivity contribution is -0.122. The van der Waals surface area contributed by atoms with Crippen LogP contribution in [0.5, 0.6) is 0 Å². The molecular formula is C18H24N4O2. The maximum atomic E-state index is 12.5. The summed E-state index contributed by atoms with van der Waals surface area (Å²) in [5.74, 6) is 0.326. The number of amides is 1. The number of aromatic amines is 1. The number of hydrogen-bond donors (Lipinski definition) is 3. The van der Waals surface area contributed by atoms with Crippen LogP contribution in [0.4, 0.5) is 0 Å². The lowest BCUT2D eigenvalue weighted by Crippen LogP contribution is -2.48. The van der Waals surface area contributed by atoms with Crippen LogP contribution >= 0.6 is 0 Å². The van der Waals surface area contributed by atoms with Gasteiger partial charge in [-0.25, -0.2) is 0 Å². The zero-order valence-electron chi connectivity index (χ0n) is 14.1. The number of aliphatic hydroxyl groups excluding tert-OH is 1.